The minimum atomic E-state index is -0.403. The van der Waals surface area contributed by atoms with Crippen LogP contribution in [-0.2, 0) is 0 Å². The van der Waals surface area contributed by atoms with Gasteiger partial charge in [-0.15, -0.1) is 6.58 Å². The molecule has 136 valence electrons. The molecule has 0 atom stereocenters. The standard InChI is InChI=1S/C21H19N3O2S/c1-4-11-27-21-22-19(18-12-14(2)15(3)13-20(18)23-21)10-7-16-5-8-17(9-6-16)24(25)26/h4-10,12-13H,1,11H2,2-3H3/b10-7+. The van der Waals surface area contributed by atoms with Gasteiger partial charge < -0.3 is 0 Å². The van der Waals surface area contributed by atoms with Crippen molar-refractivity contribution in [2.24, 2.45) is 0 Å². The van der Waals surface area contributed by atoms with Crippen molar-refractivity contribution in [3.63, 3.8) is 0 Å². The molecule has 2 aromatic carbocycles. The van der Waals surface area contributed by atoms with E-state index in [0.717, 1.165) is 27.9 Å². The highest BCUT2D eigenvalue weighted by atomic mass is 32.2. The van der Waals surface area contributed by atoms with Gasteiger partial charge in [-0.3, -0.25) is 10.1 Å². The van der Waals surface area contributed by atoms with Crippen LogP contribution in [0.2, 0.25) is 0 Å². The number of nitrogens with zero attached hydrogens (tertiary/aromatic N) is 3. The summed E-state index contributed by atoms with van der Waals surface area (Å²) >= 11 is 1.54. The van der Waals surface area contributed by atoms with Crippen molar-refractivity contribution >= 4 is 40.5 Å². The van der Waals surface area contributed by atoms with Crippen molar-refractivity contribution in [1.82, 2.24) is 9.97 Å². The zero-order valence-electron chi connectivity index (χ0n) is 15.2. The van der Waals surface area contributed by atoms with Crippen LogP contribution in [0, 0.1) is 24.0 Å². The molecule has 0 radical (unpaired) electrons. The van der Waals surface area contributed by atoms with Crippen molar-refractivity contribution in [2.75, 3.05) is 5.75 Å². The molecule has 0 bridgehead atoms. The highest BCUT2D eigenvalue weighted by Gasteiger charge is 2.08. The second-order valence-corrected chi connectivity index (χ2v) is 7.11. The van der Waals surface area contributed by atoms with Crippen LogP contribution in [0.3, 0.4) is 0 Å². The van der Waals surface area contributed by atoms with Gasteiger partial charge in [-0.25, -0.2) is 9.97 Å². The number of aryl methyl sites for hydroxylation is 2. The number of non-ortho nitro benzene ring substituents is 1. The minimum Gasteiger partial charge on any atom is -0.258 e. The number of benzene rings is 2. The van der Waals surface area contributed by atoms with Crippen molar-refractivity contribution in [1.29, 1.82) is 0 Å². The Hall–Kier alpha value is -2.99. The van der Waals surface area contributed by atoms with Crippen molar-refractivity contribution in [3.8, 4) is 0 Å². The van der Waals surface area contributed by atoms with Gasteiger partial charge in [0.15, 0.2) is 5.16 Å². The molecule has 0 unspecified atom stereocenters. The van der Waals surface area contributed by atoms with E-state index in [9.17, 15) is 10.1 Å². The van der Waals surface area contributed by atoms with Crippen LogP contribution >= 0.6 is 11.8 Å². The maximum atomic E-state index is 10.8. The predicted octanol–water partition coefficient (Wildman–Crippen LogP) is 5.60. The van der Waals surface area contributed by atoms with Crippen LogP contribution in [0.5, 0.6) is 0 Å². The van der Waals surface area contributed by atoms with Crippen LogP contribution in [0.25, 0.3) is 23.1 Å². The van der Waals surface area contributed by atoms with E-state index in [2.05, 4.69) is 42.5 Å². The summed E-state index contributed by atoms with van der Waals surface area (Å²) in [5.74, 6) is 0.738. The molecule has 3 aromatic rings. The van der Waals surface area contributed by atoms with E-state index in [1.165, 1.54) is 35.0 Å². The molecule has 0 spiro atoms. The zero-order valence-corrected chi connectivity index (χ0v) is 16.0. The van der Waals surface area contributed by atoms with E-state index in [4.69, 9.17) is 0 Å². The van der Waals surface area contributed by atoms with Crippen molar-refractivity contribution in [2.45, 2.75) is 19.0 Å². The lowest BCUT2D eigenvalue weighted by molar-refractivity contribution is -0.384. The van der Waals surface area contributed by atoms with Gasteiger partial charge in [-0.1, -0.05) is 23.9 Å². The number of fused-ring (bicyclic) bond motifs is 1. The van der Waals surface area contributed by atoms with E-state index < -0.39 is 4.92 Å². The van der Waals surface area contributed by atoms with Crippen LogP contribution in [0.4, 0.5) is 5.69 Å². The van der Waals surface area contributed by atoms with Crippen LogP contribution in [0.15, 0.2) is 54.2 Å². The monoisotopic (exact) mass is 377 g/mol. The van der Waals surface area contributed by atoms with E-state index in [0.29, 0.717) is 5.16 Å². The molecule has 0 fully saturated rings. The first-order valence-corrected chi connectivity index (χ1v) is 9.41. The summed E-state index contributed by atoms with van der Waals surface area (Å²) in [5.41, 5.74) is 5.05. The first-order valence-electron chi connectivity index (χ1n) is 8.43. The van der Waals surface area contributed by atoms with Crippen LogP contribution in [0.1, 0.15) is 22.4 Å². The van der Waals surface area contributed by atoms with Gasteiger partial charge in [0.2, 0.25) is 0 Å². The normalized spacial score (nSPS) is 11.2. The summed E-state index contributed by atoms with van der Waals surface area (Å²) in [7, 11) is 0. The Labute approximate surface area is 162 Å². The smallest absolute Gasteiger partial charge is 0.258 e. The molecule has 0 N–H and O–H groups in total. The number of thioether (sulfide) groups is 1. The summed E-state index contributed by atoms with van der Waals surface area (Å²) < 4.78 is 0. The molecule has 1 heterocycles. The van der Waals surface area contributed by atoms with E-state index in [-0.39, 0.29) is 5.69 Å². The lowest BCUT2D eigenvalue weighted by Crippen LogP contribution is -1.95. The fourth-order valence-electron chi connectivity index (χ4n) is 2.60. The van der Waals surface area contributed by atoms with Gasteiger partial charge in [-0.05, 0) is 60.9 Å². The molecular formula is C21H19N3O2S. The molecular weight excluding hydrogens is 358 g/mol. The number of nitro benzene ring substituents is 1. The van der Waals surface area contributed by atoms with Gasteiger partial charge in [0.25, 0.3) is 5.69 Å². The van der Waals surface area contributed by atoms with E-state index in [1.54, 1.807) is 12.1 Å². The highest BCUT2D eigenvalue weighted by molar-refractivity contribution is 7.99. The molecule has 0 amide bonds. The first kappa shape index (κ1) is 18.8. The van der Waals surface area contributed by atoms with Gasteiger partial charge in [0, 0.05) is 23.3 Å². The molecule has 6 heteroatoms. The predicted molar refractivity (Wildman–Crippen MR) is 112 cm³/mol. The van der Waals surface area contributed by atoms with Crippen LogP contribution in [-0.4, -0.2) is 20.6 Å². The molecule has 3 rings (SSSR count). The molecule has 5 nitrogen and oxygen atoms in total. The maximum absolute atomic E-state index is 10.8. The number of hydrogen-bond donors (Lipinski definition) is 0. The molecule has 0 saturated heterocycles. The Morgan fingerprint density at radius 2 is 1.81 bits per heavy atom. The third-order valence-electron chi connectivity index (χ3n) is 4.19. The van der Waals surface area contributed by atoms with Crippen molar-refractivity contribution < 1.29 is 4.92 Å². The number of hydrogen-bond acceptors (Lipinski definition) is 5. The number of nitro groups is 1. The molecule has 0 saturated carbocycles. The fourth-order valence-corrected chi connectivity index (χ4v) is 3.19. The summed E-state index contributed by atoms with van der Waals surface area (Å²) in [5, 5.41) is 12.5. The first-order chi connectivity index (χ1) is 13.0. The Morgan fingerprint density at radius 1 is 1.11 bits per heavy atom. The summed E-state index contributed by atoms with van der Waals surface area (Å²) in [4.78, 5) is 19.7. The topological polar surface area (TPSA) is 68.9 Å². The second kappa shape index (κ2) is 8.14. The van der Waals surface area contributed by atoms with Gasteiger partial charge in [0.1, 0.15) is 0 Å². The molecule has 27 heavy (non-hydrogen) atoms. The average molecular weight is 377 g/mol. The lowest BCUT2D eigenvalue weighted by atomic mass is 10.0. The fraction of sp³-hybridized carbons (Fsp3) is 0.143. The van der Waals surface area contributed by atoms with Crippen LogP contribution < -0.4 is 0 Å². The number of rotatable bonds is 6. The van der Waals surface area contributed by atoms with Gasteiger partial charge in [-0.2, -0.15) is 0 Å². The maximum Gasteiger partial charge on any atom is 0.269 e. The Morgan fingerprint density at radius 3 is 2.48 bits per heavy atom. The van der Waals surface area contributed by atoms with E-state index in [1.807, 2.05) is 18.2 Å². The second-order valence-electron chi connectivity index (χ2n) is 6.13. The Balaban J connectivity index is 2.03. The summed E-state index contributed by atoms with van der Waals surface area (Å²) in [6.45, 7) is 7.88. The number of aromatic nitrogens is 2. The molecule has 1 aromatic heterocycles. The minimum absolute atomic E-state index is 0.0776. The largest absolute Gasteiger partial charge is 0.269 e. The summed E-state index contributed by atoms with van der Waals surface area (Å²) in [6, 6.07) is 10.6. The molecule has 0 aliphatic carbocycles. The molecule has 0 aliphatic heterocycles. The highest BCUT2D eigenvalue weighted by Crippen LogP contribution is 2.25. The Bertz CT molecular complexity index is 1040. The molecule has 0 aliphatic rings. The van der Waals surface area contributed by atoms with Crippen molar-refractivity contribution in [3.05, 3.63) is 81.6 Å². The Kier molecular flexibility index (Phi) is 5.66. The van der Waals surface area contributed by atoms with Gasteiger partial charge >= 0.3 is 0 Å². The zero-order chi connectivity index (χ0) is 19.4. The summed E-state index contributed by atoms with van der Waals surface area (Å²) in [6.07, 6.45) is 5.66. The lowest BCUT2D eigenvalue weighted by Gasteiger charge is -2.08. The quantitative estimate of drug-likeness (QED) is 0.184. The van der Waals surface area contributed by atoms with Gasteiger partial charge in [0.05, 0.1) is 16.1 Å². The third-order valence-corrected chi connectivity index (χ3v) is 5.03. The SMILES string of the molecule is C=CCSc1nc(/C=C/c2ccc([N+](=O)[O-])cc2)c2cc(C)c(C)cc2n1. The van der Waals surface area contributed by atoms with E-state index >= 15 is 0 Å². The average Bonchev–Trinajstić information content (AvgIpc) is 2.66. The third kappa shape index (κ3) is 4.41.